The standard InChI is InChI=1S/C32H55N9/c1-2-10-18-17(9-1)25-33-26(18)36-30-23-15-7-8-16-24(23)32-38-28-20-12-4-3-11-19(20)27(34-28)37-31-22-14-6-5-13-21(22)29(35-25)40(31)39-41(30)32/h17-39H,1-16H2. The van der Waals surface area contributed by atoms with E-state index in [0.717, 1.165) is 23.7 Å². The zero-order valence-electron chi connectivity index (χ0n) is 24.9. The third kappa shape index (κ3) is 3.92. The molecule has 4 aliphatic carbocycles. The average molecular weight is 566 g/mol. The van der Waals surface area contributed by atoms with Crippen molar-refractivity contribution < 1.29 is 0 Å². The number of fused-ring (bicyclic) bond motifs is 16. The van der Waals surface area contributed by atoms with Gasteiger partial charge in [-0.2, -0.15) is 15.6 Å². The van der Waals surface area contributed by atoms with E-state index in [1.54, 1.807) is 0 Å². The Bertz CT molecular complexity index is 848. The van der Waals surface area contributed by atoms with E-state index in [9.17, 15) is 0 Å². The second-order valence-corrected chi connectivity index (χ2v) is 16.1. The lowest BCUT2D eigenvalue weighted by Gasteiger charge is -2.45. The summed E-state index contributed by atoms with van der Waals surface area (Å²) >= 11 is 0. The van der Waals surface area contributed by atoms with Gasteiger partial charge in [-0.1, -0.05) is 51.4 Å². The average Bonchev–Trinajstić information content (AvgIpc) is 3.72. The summed E-state index contributed by atoms with van der Waals surface area (Å²) in [6.07, 6.45) is 25.3. The Hall–Kier alpha value is -0.360. The van der Waals surface area contributed by atoms with Gasteiger partial charge in [-0.3, -0.25) is 31.9 Å². The fraction of sp³-hybridized carbons (Fsp3) is 1.00. The number of hydrogen-bond acceptors (Lipinski definition) is 9. The molecule has 16 atom stereocenters. The molecule has 9 heteroatoms. The second kappa shape index (κ2) is 10.1. The van der Waals surface area contributed by atoms with Crippen molar-refractivity contribution in [1.29, 1.82) is 0 Å². The molecule has 10 fully saturated rings. The van der Waals surface area contributed by atoms with E-state index in [-0.39, 0.29) is 0 Å². The first-order valence-corrected chi connectivity index (χ1v) is 18.2. The number of hydrogen-bond donors (Lipinski definition) is 7. The van der Waals surface area contributed by atoms with Gasteiger partial charge < -0.3 is 0 Å². The van der Waals surface area contributed by atoms with Gasteiger partial charge in [0.25, 0.3) is 0 Å². The van der Waals surface area contributed by atoms with Crippen molar-refractivity contribution in [1.82, 2.24) is 47.5 Å². The second-order valence-electron chi connectivity index (χ2n) is 16.1. The highest BCUT2D eigenvalue weighted by molar-refractivity contribution is 5.10. The smallest absolute Gasteiger partial charge is 0.0808 e. The topological polar surface area (TPSA) is 90.7 Å². The Balaban J connectivity index is 1.10. The van der Waals surface area contributed by atoms with Crippen LogP contribution in [0, 0.1) is 47.3 Å². The molecule has 9 nitrogen and oxygen atoms in total. The highest BCUT2D eigenvalue weighted by Gasteiger charge is 2.60. The van der Waals surface area contributed by atoms with Crippen LogP contribution in [0.4, 0.5) is 0 Å². The molecule has 10 aliphatic rings. The van der Waals surface area contributed by atoms with Crippen LogP contribution in [0.1, 0.15) is 103 Å². The van der Waals surface area contributed by atoms with Gasteiger partial charge in [0.05, 0.1) is 49.3 Å². The zero-order chi connectivity index (χ0) is 26.7. The quantitative estimate of drug-likeness (QED) is 0.239. The largest absolute Gasteiger partial charge is 0.286 e. The summed E-state index contributed by atoms with van der Waals surface area (Å²) in [5, 5.41) is 31.4. The highest BCUT2D eigenvalue weighted by atomic mass is 15.8. The van der Waals surface area contributed by atoms with Crippen LogP contribution in [0.25, 0.3) is 0 Å². The third-order valence-corrected chi connectivity index (χ3v) is 14.4. The summed E-state index contributed by atoms with van der Waals surface area (Å²) < 4.78 is 0. The van der Waals surface area contributed by atoms with Gasteiger partial charge in [0.15, 0.2) is 0 Å². The van der Waals surface area contributed by atoms with Gasteiger partial charge in [0.2, 0.25) is 0 Å². The monoisotopic (exact) mass is 565 g/mol. The summed E-state index contributed by atoms with van der Waals surface area (Å²) in [6, 6.07) is 0. The normalized spacial score (nSPS) is 58.2. The number of nitrogens with zero attached hydrogens (tertiary/aromatic N) is 2. The number of hydrazine groups is 2. The van der Waals surface area contributed by atoms with Crippen LogP contribution in [0.3, 0.4) is 0 Å². The van der Waals surface area contributed by atoms with E-state index >= 15 is 0 Å². The van der Waals surface area contributed by atoms with Crippen LogP contribution in [0.5, 0.6) is 0 Å². The molecule has 41 heavy (non-hydrogen) atoms. The molecular weight excluding hydrogens is 510 g/mol. The first kappa shape index (κ1) is 25.9. The Morgan fingerprint density at radius 1 is 0.293 bits per heavy atom. The first-order valence-electron chi connectivity index (χ1n) is 18.2. The van der Waals surface area contributed by atoms with E-state index in [2.05, 4.69) is 47.5 Å². The molecule has 6 saturated heterocycles. The van der Waals surface area contributed by atoms with Gasteiger partial charge in [0.1, 0.15) is 0 Å². The van der Waals surface area contributed by atoms with Crippen molar-refractivity contribution in [2.45, 2.75) is 152 Å². The first-order chi connectivity index (χ1) is 20.3. The molecule has 0 spiro atoms. The van der Waals surface area contributed by atoms with E-state index in [4.69, 9.17) is 0 Å². The molecule has 0 aromatic rings. The molecule has 6 aliphatic heterocycles. The van der Waals surface area contributed by atoms with Crippen molar-refractivity contribution in [3.05, 3.63) is 0 Å². The minimum atomic E-state index is 0.373. The van der Waals surface area contributed by atoms with Gasteiger partial charge in [0, 0.05) is 0 Å². The molecule has 228 valence electrons. The fourth-order valence-corrected chi connectivity index (χ4v) is 12.6. The van der Waals surface area contributed by atoms with Crippen LogP contribution in [-0.2, 0) is 0 Å². The van der Waals surface area contributed by atoms with Gasteiger partial charge in [-0.25, -0.2) is 0 Å². The molecule has 7 N–H and O–H groups in total. The summed E-state index contributed by atoms with van der Waals surface area (Å²) in [5.74, 6) is 5.82. The van der Waals surface area contributed by atoms with Gasteiger partial charge >= 0.3 is 0 Å². The lowest BCUT2D eigenvalue weighted by molar-refractivity contribution is -0.0945. The van der Waals surface area contributed by atoms with Crippen molar-refractivity contribution in [2.24, 2.45) is 47.3 Å². The Morgan fingerprint density at radius 2 is 0.537 bits per heavy atom. The molecule has 0 aromatic carbocycles. The van der Waals surface area contributed by atoms with Crippen molar-refractivity contribution in [3.63, 3.8) is 0 Å². The summed E-state index contributed by atoms with van der Waals surface area (Å²) in [7, 11) is 0. The van der Waals surface area contributed by atoms with Crippen LogP contribution in [0.2, 0.25) is 0 Å². The van der Waals surface area contributed by atoms with E-state index in [1.807, 2.05) is 0 Å². The molecule has 10 rings (SSSR count). The van der Waals surface area contributed by atoms with E-state index < -0.39 is 0 Å². The molecule has 0 radical (unpaired) electrons. The van der Waals surface area contributed by atoms with Crippen molar-refractivity contribution >= 4 is 0 Å². The molecular formula is C32H55N9. The summed E-state index contributed by atoms with van der Waals surface area (Å²) in [4.78, 5) is 0. The third-order valence-electron chi connectivity index (χ3n) is 14.4. The SMILES string of the molecule is C1CCC2C3NC(NC4C5CCCCC5C5NC6NC(NC7C8CCCCC8C(N3)N7NN45)C3CCCCC63)C2C1. The van der Waals surface area contributed by atoms with Crippen molar-refractivity contribution in [2.75, 3.05) is 0 Å². The molecule has 0 aromatic heterocycles. The van der Waals surface area contributed by atoms with Crippen LogP contribution < -0.4 is 37.4 Å². The molecule has 6 heterocycles. The van der Waals surface area contributed by atoms with Gasteiger partial charge in [-0.05, 0) is 98.7 Å². The number of nitrogens with one attached hydrogen (secondary N) is 7. The Morgan fingerprint density at radius 3 is 0.805 bits per heavy atom. The Labute approximate surface area is 246 Å². The maximum absolute atomic E-state index is 4.36. The van der Waals surface area contributed by atoms with Crippen LogP contribution >= 0.6 is 0 Å². The van der Waals surface area contributed by atoms with E-state index in [1.165, 1.54) is 103 Å². The molecule has 6 bridgehead atoms. The highest BCUT2D eigenvalue weighted by Crippen LogP contribution is 2.49. The molecule has 16 unspecified atom stereocenters. The zero-order valence-corrected chi connectivity index (χ0v) is 24.9. The minimum absolute atomic E-state index is 0.373. The molecule has 0 amide bonds. The maximum Gasteiger partial charge on any atom is 0.0808 e. The minimum Gasteiger partial charge on any atom is -0.286 e. The lowest BCUT2D eigenvalue weighted by atomic mass is 9.76. The van der Waals surface area contributed by atoms with Crippen molar-refractivity contribution in [3.8, 4) is 0 Å². The summed E-state index contributed by atoms with van der Waals surface area (Å²) in [6.45, 7) is 0. The predicted octanol–water partition coefficient (Wildman–Crippen LogP) is 2.46. The fourth-order valence-electron chi connectivity index (χ4n) is 12.6. The Kier molecular flexibility index (Phi) is 6.37. The van der Waals surface area contributed by atoms with Gasteiger partial charge in [-0.15, -0.1) is 0 Å². The lowest BCUT2D eigenvalue weighted by Crippen LogP contribution is -2.73. The van der Waals surface area contributed by atoms with Crippen LogP contribution in [-0.4, -0.2) is 59.3 Å². The maximum atomic E-state index is 4.36. The van der Waals surface area contributed by atoms with Crippen LogP contribution in [0.15, 0.2) is 0 Å². The molecule has 4 saturated carbocycles. The predicted molar refractivity (Wildman–Crippen MR) is 158 cm³/mol. The summed E-state index contributed by atoms with van der Waals surface area (Å²) in [5.41, 5.74) is 4.29. The number of rotatable bonds is 0. The van der Waals surface area contributed by atoms with E-state index in [0.29, 0.717) is 73.0 Å².